The molecule has 0 saturated carbocycles. The van der Waals surface area contributed by atoms with Crippen molar-refractivity contribution in [3.8, 4) is 10.6 Å². The molecule has 1 aliphatic heterocycles. The van der Waals surface area contributed by atoms with Crippen molar-refractivity contribution < 1.29 is 14.3 Å². The van der Waals surface area contributed by atoms with Crippen LogP contribution in [0.3, 0.4) is 0 Å². The van der Waals surface area contributed by atoms with E-state index >= 15 is 0 Å². The Bertz CT molecular complexity index is 1340. The van der Waals surface area contributed by atoms with E-state index in [0.717, 1.165) is 11.1 Å². The maximum absolute atomic E-state index is 12.8. The van der Waals surface area contributed by atoms with E-state index in [2.05, 4.69) is 15.1 Å². The third-order valence-corrected chi connectivity index (χ3v) is 6.23. The molecule has 0 aliphatic carbocycles. The molecule has 0 aromatic carbocycles. The Kier molecular flexibility index (Phi) is 6.60. The second-order valence-corrected chi connectivity index (χ2v) is 10.0. The molecule has 0 saturated heterocycles. The lowest BCUT2D eigenvalue weighted by molar-refractivity contribution is -0.118. The molecule has 0 fully saturated rings. The molecule has 3 aromatic heterocycles. The van der Waals surface area contributed by atoms with E-state index < -0.39 is 5.60 Å². The summed E-state index contributed by atoms with van der Waals surface area (Å²) in [5, 5.41) is 5.06. The van der Waals surface area contributed by atoms with E-state index in [0.29, 0.717) is 47.3 Å². The number of aromatic nitrogens is 4. The van der Waals surface area contributed by atoms with Crippen LogP contribution in [0.5, 0.6) is 0 Å². The Morgan fingerprint density at radius 1 is 1.24 bits per heavy atom. The Morgan fingerprint density at radius 2 is 2.03 bits per heavy atom. The standard InChI is InChI=1S/C24H27N5O4S/c1-5-18(30)13-17-12-16(6-9-25-17)21-27-29-20(31)14-19(26-22(29)34-21)15-7-10-28(11-8-15)23(32)33-24(2,3)4/h6-7,9,12,14H,5,8,10-11,13H2,1-4H3. The molecule has 9 nitrogen and oxygen atoms in total. The van der Waals surface area contributed by atoms with E-state index in [9.17, 15) is 14.4 Å². The highest BCUT2D eigenvalue weighted by molar-refractivity contribution is 7.19. The lowest BCUT2D eigenvalue weighted by Crippen LogP contribution is -2.39. The zero-order valence-corrected chi connectivity index (χ0v) is 20.5. The van der Waals surface area contributed by atoms with E-state index in [1.807, 2.05) is 39.8 Å². The number of carbonyl (C=O) groups is 2. The molecule has 34 heavy (non-hydrogen) atoms. The van der Waals surface area contributed by atoms with Gasteiger partial charge in [0.15, 0.2) is 0 Å². The molecule has 0 radical (unpaired) electrons. The van der Waals surface area contributed by atoms with Crippen molar-refractivity contribution in [1.29, 1.82) is 0 Å². The number of carbonyl (C=O) groups excluding carboxylic acids is 2. The summed E-state index contributed by atoms with van der Waals surface area (Å²) in [5.74, 6) is 0.113. The molecule has 178 valence electrons. The molecule has 4 rings (SSSR count). The Hall–Kier alpha value is -3.40. The van der Waals surface area contributed by atoms with Crippen molar-refractivity contribution in [2.75, 3.05) is 13.1 Å². The van der Waals surface area contributed by atoms with Crippen molar-refractivity contribution in [1.82, 2.24) is 24.5 Å². The van der Waals surface area contributed by atoms with Crippen LogP contribution in [-0.4, -0.2) is 55.0 Å². The highest BCUT2D eigenvalue weighted by Gasteiger charge is 2.24. The van der Waals surface area contributed by atoms with Crippen LogP contribution in [0.2, 0.25) is 0 Å². The van der Waals surface area contributed by atoms with Crippen LogP contribution >= 0.6 is 11.3 Å². The summed E-state index contributed by atoms with van der Waals surface area (Å²) >= 11 is 1.30. The minimum absolute atomic E-state index is 0.113. The zero-order valence-electron chi connectivity index (χ0n) is 19.7. The Morgan fingerprint density at radius 3 is 2.71 bits per heavy atom. The number of nitrogens with zero attached hydrogens (tertiary/aromatic N) is 5. The summed E-state index contributed by atoms with van der Waals surface area (Å²) in [4.78, 5) is 47.9. The first-order chi connectivity index (χ1) is 16.1. The van der Waals surface area contributed by atoms with Gasteiger partial charge in [0.05, 0.1) is 5.69 Å². The van der Waals surface area contributed by atoms with Crippen molar-refractivity contribution in [2.24, 2.45) is 0 Å². The Labute approximate surface area is 201 Å². The SMILES string of the molecule is CCC(=O)Cc1cc(-c2nn3c(=O)cc(C4=CCN(C(=O)OC(C)(C)C)CC4)nc3s2)ccn1. The normalized spacial score (nSPS) is 14.2. The molecule has 1 aliphatic rings. The van der Waals surface area contributed by atoms with Gasteiger partial charge in [0, 0.05) is 49.5 Å². The van der Waals surface area contributed by atoms with Crippen molar-refractivity contribution in [3.63, 3.8) is 0 Å². The predicted molar refractivity (Wildman–Crippen MR) is 130 cm³/mol. The second kappa shape index (κ2) is 9.46. The van der Waals surface area contributed by atoms with Crippen LogP contribution in [0.25, 0.3) is 21.1 Å². The topological polar surface area (TPSA) is 107 Å². The summed E-state index contributed by atoms with van der Waals surface area (Å²) in [7, 11) is 0. The molecule has 0 unspecified atom stereocenters. The first kappa shape index (κ1) is 23.7. The van der Waals surface area contributed by atoms with Crippen molar-refractivity contribution in [3.05, 3.63) is 52.2 Å². The molecule has 0 atom stereocenters. The van der Waals surface area contributed by atoms with E-state index in [1.165, 1.54) is 21.9 Å². The van der Waals surface area contributed by atoms with E-state index in [1.54, 1.807) is 17.2 Å². The monoisotopic (exact) mass is 481 g/mol. The first-order valence-electron chi connectivity index (χ1n) is 11.2. The van der Waals surface area contributed by atoms with Gasteiger partial charge in [0.1, 0.15) is 16.4 Å². The fourth-order valence-electron chi connectivity index (χ4n) is 3.52. The average Bonchev–Trinajstić information content (AvgIpc) is 3.23. The minimum atomic E-state index is -0.548. The van der Waals surface area contributed by atoms with Crippen LogP contribution in [0.1, 0.15) is 51.9 Å². The minimum Gasteiger partial charge on any atom is -0.444 e. The van der Waals surface area contributed by atoms with Gasteiger partial charge in [0.2, 0.25) is 4.96 Å². The molecule has 0 N–H and O–H groups in total. The van der Waals surface area contributed by atoms with Crippen molar-refractivity contribution in [2.45, 2.75) is 52.6 Å². The van der Waals surface area contributed by atoms with Gasteiger partial charge in [-0.2, -0.15) is 9.61 Å². The Balaban J connectivity index is 1.57. The van der Waals surface area contributed by atoms with Crippen LogP contribution in [0, 0.1) is 0 Å². The van der Waals surface area contributed by atoms with Gasteiger partial charge in [-0.3, -0.25) is 14.6 Å². The molecule has 4 heterocycles. The highest BCUT2D eigenvalue weighted by atomic mass is 32.1. The molecule has 0 bridgehead atoms. The number of fused-ring (bicyclic) bond motifs is 1. The summed E-state index contributed by atoms with van der Waals surface area (Å²) in [5.41, 5.74) is 2.15. The van der Waals surface area contributed by atoms with Gasteiger partial charge in [-0.1, -0.05) is 24.3 Å². The number of hydrogen-bond donors (Lipinski definition) is 0. The van der Waals surface area contributed by atoms with E-state index in [-0.39, 0.29) is 23.9 Å². The number of hydrogen-bond acceptors (Lipinski definition) is 8. The van der Waals surface area contributed by atoms with Gasteiger partial charge < -0.3 is 9.64 Å². The molecule has 1 amide bonds. The summed E-state index contributed by atoms with van der Waals surface area (Å²) < 4.78 is 6.72. The molecule has 10 heteroatoms. The van der Waals surface area contributed by atoms with E-state index in [4.69, 9.17) is 4.74 Å². The maximum Gasteiger partial charge on any atom is 0.410 e. The third kappa shape index (κ3) is 5.39. The fraction of sp³-hybridized carbons (Fsp3) is 0.417. The summed E-state index contributed by atoms with van der Waals surface area (Å²) in [6.45, 7) is 8.23. The van der Waals surface area contributed by atoms with Crippen LogP contribution < -0.4 is 5.56 Å². The third-order valence-electron chi connectivity index (χ3n) is 5.27. The van der Waals surface area contributed by atoms with Crippen LogP contribution in [-0.2, 0) is 16.0 Å². The maximum atomic E-state index is 12.8. The molecule has 0 spiro atoms. The zero-order chi connectivity index (χ0) is 24.5. The fourth-order valence-corrected chi connectivity index (χ4v) is 4.42. The van der Waals surface area contributed by atoms with Crippen LogP contribution in [0.15, 0.2) is 35.3 Å². The van der Waals surface area contributed by atoms with Gasteiger partial charge >= 0.3 is 6.09 Å². The predicted octanol–water partition coefficient (Wildman–Crippen LogP) is 3.76. The first-order valence-corrected chi connectivity index (χ1v) is 12.0. The quantitative estimate of drug-likeness (QED) is 0.546. The summed E-state index contributed by atoms with van der Waals surface area (Å²) in [6.07, 6.45) is 4.51. The number of amides is 1. The summed E-state index contributed by atoms with van der Waals surface area (Å²) in [6, 6.07) is 5.11. The molecular formula is C24H27N5O4S. The lowest BCUT2D eigenvalue weighted by atomic mass is 10.1. The number of rotatable bonds is 5. The number of ether oxygens (including phenoxy) is 1. The van der Waals surface area contributed by atoms with Crippen LogP contribution in [0.4, 0.5) is 4.79 Å². The van der Waals surface area contributed by atoms with Crippen molar-refractivity contribution >= 4 is 33.7 Å². The van der Waals surface area contributed by atoms with Gasteiger partial charge in [-0.05, 0) is 44.9 Å². The van der Waals surface area contributed by atoms with Gasteiger partial charge in [0.25, 0.3) is 5.56 Å². The highest BCUT2D eigenvalue weighted by Crippen LogP contribution is 2.27. The number of Topliss-reactive ketones (excluding diaryl/α,β-unsaturated/α-hetero) is 1. The molecular weight excluding hydrogens is 454 g/mol. The largest absolute Gasteiger partial charge is 0.444 e. The average molecular weight is 482 g/mol. The molecule has 3 aromatic rings. The lowest BCUT2D eigenvalue weighted by Gasteiger charge is -2.29. The van der Waals surface area contributed by atoms with Gasteiger partial charge in [-0.25, -0.2) is 9.78 Å². The van der Waals surface area contributed by atoms with Gasteiger partial charge in [-0.15, -0.1) is 0 Å². The smallest absolute Gasteiger partial charge is 0.410 e. The number of pyridine rings is 1. The number of ketones is 1. The second-order valence-electron chi connectivity index (χ2n) is 9.09.